The van der Waals surface area contributed by atoms with Crippen LogP contribution in [0.25, 0.3) is 0 Å². The molecule has 0 fully saturated rings. The Labute approximate surface area is 118 Å². The smallest absolute Gasteiger partial charge is 0.251 e. The minimum Gasteiger partial charge on any atom is -0.352 e. The van der Waals surface area contributed by atoms with Crippen LogP contribution in [0, 0.1) is 5.92 Å². The van der Waals surface area contributed by atoms with Gasteiger partial charge in [-0.15, -0.1) is 0 Å². The third-order valence-electron chi connectivity index (χ3n) is 3.29. The molecule has 100 valence electrons. The summed E-state index contributed by atoms with van der Waals surface area (Å²) >= 11 is 3.45. The molecule has 0 saturated carbocycles. The fraction of sp³-hybridized carbons (Fsp3) is 0.533. The van der Waals surface area contributed by atoms with E-state index in [9.17, 15) is 4.79 Å². The molecule has 2 nitrogen and oxygen atoms in total. The van der Waals surface area contributed by atoms with Crippen LogP contribution < -0.4 is 5.32 Å². The van der Waals surface area contributed by atoms with Gasteiger partial charge in [-0.1, -0.05) is 54.4 Å². The Morgan fingerprint density at radius 2 is 2.06 bits per heavy atom. The zero-order valence-electron chi connectivity index (χ0n) is 11.2. The van der Waals surface area contributed by atoms with Gasteiger partial charge in [0, 0.05) is 17.4 Å². The summed E-state index contributed by atoms with van der Waals surface area (Å²) in [6.07, 6.45) is 3.09. The van der Waals surface area contributed by atoms with E-state index in [0.717, 1.165) is 42.3 Å². The SMILES string of the molecule is CCc1ccccc1C(=O)NCC(CC)CCBr. The fourth-order valence-corrected chi connectivity index (χ4v) is 2.63. The predicted octanol–water partition coefficient (Wildman–Crippen LogP) is 3.79. The van der Waals surface area contributed by atoms with Gasteiger partial charge in [0.25, 0.3) is 5.91 Å². The van der Waals surface area contributed by atoms with Crippen molar-refractivity contribution in [2.24, 2.45) is 5.92 Å². The van der Waals surface area contributed by atoms with Crippen LogP contribution >= 0.6 is 15.9 Å². The topological polar surface area (TPSA) is 29.1 Å². The monoisotopic (exact) mass is 311 g/mol. The Morgan fingerprint density at radius 3 is 2.67 bits per heavy atom. The molecule has 1 aromatic rings. The molecule has 1 unspecified atom stereocenters. The summed E-state index contributed by atoms with van der Waals surface area (Å²) in [5, 5.41) is 4.04. The van der Waals surface area contributed by atoms with Crippen molar-refractivity contribution in [2.75, 3.05) is 11.9 Å². The maximum Gasteiger partial charge on any atom is 0.251 e. The van der Waals surface area contributed by atoms with Gasteiger partial charge in [-0.05, 0) is 30.4 Å². The van der Waals surface area contributed by atoms with E-state index in [4.69, 9.17) is 0 Å². The fourth-order valence-electron chi connectivity index (χ4n) is 1.99. The zero-order valence-corrected chi connectivity index (χ0v) is 12.8. The maximum absolute atomic E-state index is 12.1. The first kappa shape index (κ1) is 15.2. The summed E-state index contributed by atoms with van der Waals surface area (Å²) in [7, 11) is 0. The quantitative estimate of drug-likeness (QED) is 0.763. The molecule has 1 N–H and O–H groups in total. The Morgan fingerprint density at radius 1 is 1.33 bits per heavy atom. The summed E-state index contributed by atoms with van der Waals surface area (Å²) < 4.78 is 0. The van der Waals surface area contributed by atoms with Crippen LogP contribution in [0.3, 0.4) is 0 Å². The van der Waals surface area contributed by atoms with Crippen molar-refractivity contribution in [3.05, 3.63) is 35.4 Å². The van der Waals surface area contributed by atoms with Crippen LogP contribution in [-0.2, 0) is 6.42 Å². The molecule has 1 atom stereocenters. The number of hydrogen-bond donors (Lipinski definition) is 1. The molecule has 0 heterocycles. The molecule has 0 radical (unpaired) electrons. The van der Waals surface area contributed by atoms with Gasteiger partial charge in [0.15, 0.2) is 0 Å². The Hall–Kier alpha value is -0.830. The van der Waals surface area contributed by atoms with Crippen molar-refractivity contribution < 1.29 is 4.79 Å². The third kappa shape index (κ3) is 4.45. The number of benzene rings is 1. The summed E-state index contributed by atoms with van der Waals surface area (Å²) in [5.41, 5.74) is 1.93. The lowest BCUT2D eigenvalue weighted by atomic mass is 10.0. The highest BCUT2D eigenvalue weighted by atomic mass is 79.9. The van der Waals surface area contributed by atoms with E-state index in [1.165, 1.54) is 0 Å². The number of nitrogens with one attached hydrogen (secondary N) is 1. The Balaban J connectivity index is 2.59. The van der Waals surface area contributed by atoms with Gasteiger partial charge in [0.2, 0.25) is 0 Å². The standard InChI is InChI=1S/C15H22BrNO/c1-3-12(9-10-16)11-17-15(18)14-8-6-5-7-13(14)4-2/h5-8,12H,3-4,9-11H2,1-2H3,(H,17,18). The van der Waals surface area contributed by atoms with Crippen LogP contribution in [0.1, 0.15) is 42.6 Å². The van der Waals surface area contributed by atoms with Crippen molar-refractivity contribution in [2.45, 2.75) is 33.1 Å². The van der Waals surface area contributed by atoms with Gasteiger partial charge in [0.1, 0.15) is 0 Å². The van der Waals surface area contributed by atoms with Gasteiger partial charge in [-0.25, -0.2) is 0 Å². The summed E-state index contributed by atoms with van der Waals surface area (Å²) in [6.45, 7) is 5.00. The van der Waals surface area contributed by atoms with Crippen molar-refractivity contribution in [1.82, 2.24) is 5.32 Å². The largest absolute Gasteiger partial charge is 0.352 e. The highest BCUT2D eigenvalue weighted by molar-refractivity contribution is 9.09. The number of halogens is 1. The van der Waals surface area contributed by atoms with E-state index in [1.54, 1.807) is 0 Å². The Bertz CT molecular complexity index is 379. The highest BCUT2D eigenvalue weighted by Gasteiger charge is 2.11. The molecule has 0 bridgehead atoms. The molecule has 0 aliphatic heterocycles. The van der Waals surface area contributed by atoms with E-state index < -0.39 is 0 Å². The number of rotatable bonds is 7. The number of carbonyl (C=O) groups is 1. The molecule has 1 aromatic carbocycles. The molecule has 1 rings (SSSR count). The van der Waals surface area contributed by atoms with Gasteiger partial charge >= 0.3 is 0 Å². The average Bonchev–Trinajstić information content (AvgIpc) is 2.42. The van der Waals surface area contributed by atoms with Gasteiger partial charge < -0.3 is 5.32 Å². The summed E-state index contributed by atoms with van der Waals surface area (Å²) in [5.74, 6) is 0.614. The van der Waals surface area contributed by atoms with Crippen molar-refractivity contribution >= 4 is 21.8 Å². The molecule has 0 saturated heterocycles. The van der Waals surface area contributed by atoms with E-state index in [1.807, 2.05) is 24.3 Å². The number of aryl methyl sites for hydroxylation is 1. The molecule has 0 aromatic heterocycles. The van der Waals surface area contributed by atoms with E-state index in [2.05, 4.69) is 35.1 Å². The van der Waals surface area contributed by atoms with Crippen LogP contribution in [0.4, 0.5) is 0 Å². The zero-order chi connectivity index (χ0) is 13.4. The van der Waals surface area contributed by atoms with Crippen LogP contribution in [0.2, 0.25) is 0 Å². The van der Waals surface area contributed by atoms with Crippen LogP contribution in [0.5, 0.6) is 0 Å². The number of amides is 1. The van der Waals surface area contributed by atoms with Gasteiger partial charge in [0.05, 0.1) is 0 Å². The molecule has 3 heteroatoms. The van der Waals surface area contributed by atoms with Crippen LogP contribution in [0.15, 0.2) is 24.3 Å². The molecular weight excluding hydrogens is 290 g/mol. The first-order valence-corrected chi connectivity index (χ1v) is 7.77. The van der Waals surface area contributed by atoms with Crippen LogP contribution in [-0.4, -0.2) is 17.8 Å². The molecule has 1 amide bonds. The highest BCUT2D eigenvalue weighted by Crippen LogP contribution is 2.11. The average molecular weight is 312 g/mol. The van der Waals surface area contributed by atoms with E-state index in [0.29, 0.717) is 5.92 Å². The lowest BCUT2D eigenvalue weighted by Gasteiger charge is -2.15. The van der Waals surface area contributed by atoms with Gasteiger partial charge in [-0.3, -0.25) is 4.79 Å². The van der Waals surface area contributed by atoms with Crippen molar-refractivity contribution in [1.29, 1.82) is 0 Å². The maximum atomic E-state index is 12.1. The van der Waals surface area contributed by atoms with Gasteiger partial charge in [-0.2, -0.15) is 0 Å². The second kappa shape index (κ2) is 8.30. The summed E-state index contributed by atoms with van der Waals surface area (Å²) in [4.78, 5) is 12.1. The molecular formula is C15H22BrNO. The first-order chi connectivity index (χ1) is 8.72. The third-order valence-corrected chi connectivity index (χ3v) is 3.75. The summed E-state index contributed by atoms with van der Waals surface area (Å²) in [6, 6.07) is 7.82. The second-order valence-electron chi connectivity index (χ2n) is 4.47. The van der Waals surface area contributed by atoms with E-state index in [-0.39, 0.29) is 5.91 Å². The second-order valence-corrected chi connectivity index (χ2v) is 5.27. The molecule has 18 heavy (non-hydrogen) atoms. The minimum atomic E-state index is 0.0560. The first-order valence-electron chi connectivity index (χ1n) is 6.64. The van der Waals surface area contributed by atoms with Crippen molar-refractivity contribution in [3.8, 4) is 0 Å². The molecule has 0 aliphatic carbocycles. The predicted molar refractivity (Wildman–Crippen MR) is 80.3 cm³/mol. The molecule has 0 aliphatic rings. The minimum absolute atomic E-state index is 0.0560. The normalized spacial score (nSPS) is 12.2. The number of alkyl halides is 1. The number of carbonyl (C=O) groups excluding carboxylic acids is 1. The molecule has 0 spiro atoms. The lowest BCUT2D eigenvalue weighted by molar-refractivity contribution is 0.0945. The van der Waals surface area contributed by atoms with Crippen molar-refractivity contribution in [3.63, 3.8) is 0 Å². The number of hydrogen-bond acceptors (Lipinski definition) is 1. The Kier molecular flexibility index (Phi) is 7.02. The lowest BCUT2D eigenvalue weighted by Crippen LogP contribution is -2.30. The van der Waals surface area contributed by atoms with E-state index >= 15 is 0 Å².